The second-order valence-corrected chi connectivity index (χ2v) is 12.2. The molecule has 3 aromatic rings. The van der Waals surface area contributed by atoms with Crippen molar-refractivity contribution in [2.24, 2.45) is 5.92 Å². The van der Waals surface area contributed by atoms with Crippen LogP contribution in [0.2, 0.25) is 0 Å². The monoisotopic (exact) mass is 610 g/mol. The number of nitrogens with zero attached hydrogens (tertiary/aromatic N) is 1. The number of benzene rings is 3. The minimum absolute atomic E-state index is 0.00105. The normalized spacial score (nSPS) is 22.0. The Bertz CT molecular complexity index is 1380. The van der Waals surface area contributed by atoms with Crippen molar-refractivity contribution < 1.29 is 24.2 Å². The summed E-state index contributed by atoms with van der Waals surface area (Å²) in [6.07, 6.45) is 10.8. The fourth-order valence-electron chi connectivity index (χ4n) is 6.68. The lowest BCUT2D eigenvalue weighted by molar-refractivity contribution is -0.134. The first kappa shape index (κ1) is 32.6. The van der Waals surface area contributed by atoms with Gasteiger partial charge in [-0.05, 0) is 86.1 Å². The summed E-state index contributed by atoms with van der Waals surface area (Å²) in [6, 6.07) is 25.8. The number of aliphatic hydroxyl groups is 1. The van der Waals surface area contributed by atoms with Crippen LogP contribution in [0, 0.1) is 5.92 Å². The molecular weight excluding hydrogens is 564 g/mol. The van der Waals surface area contributed by atoms with Gasteiger partial charge in [0, 0.05) is 37.4 Å². The number of ether oxygens (including phenoxy) is 2. The first-order valence-electron chi connectivity index (χ1n) is 16.4. The van der Waals surface area contributed by atoms with Crippen LogP contribution in [0.3, 0.4) is 0 Å². The highest BCUT2D eigenvalue weighted by atomic mass is 16.5. The van der Waals surface area contributed by atoms with Gasteiger partial charge in [0.25, 0.3) is 0 Å². The van der Waals surface area contributed by atoms with Gasteiger partial charge in [0.15, 0.2) is 0 Å². The van der Waals surface area contributed by atoms with E-state index in [4.69, 9.17) is 9.47 Å². The van der Waals surface area contributed by atoms with Gasteiger partial charge in [-0.3, -0.25) is 14.5 Å². The lowest BCUT2D eigenvalue weighted by Crippen LogP contribution is -2.47. The minimum Gasteiger partial charge on any atom is -0.427 e. The van der Waals surface area contributed by atoms with Crippen LogP contribution in [0.5, 0.6) is 5.75 Å². The molecule has 1 aliphatic carbocycles. The van der Waals surface area contributed by atoms with Crippen LogP contribution in [0.15, 0.2) is 91.0 Å². The maximum absolute atomic E-state index is 12.3. The minimum atomic E-state index is -0.385. The molecule has 1 aliphatic heterocycles. The van der Waals surface area contributed by atoms with Crippen LogP contribution in [-0.2, 0) is 20.9 Å². The number of aliphatic hydroxyl groups excluding tert-OH is 1. The van der Waals surface area contributed by atoms with Gasteiger partial charge in [0.2, 0.25) is 5.91 Å². The van der Waals surface area contributed by atoms with E-state index in [9.17, 15) is 14.7 Å². The molecule has 2 fully saturated rings. The van der Waals surface area contributed by atoms with Crippen molar-refractivity contribution in [3.05, 3.63) is 96.6 Å². The third-order valence-corrected chi connectivity index (χ3v) is 8.88. The number of carbonyl (C=O) groups excluding carboxylic acids is 2. The predicted molar refractivity (Wildman–Crippen MR) is 178 cm³/mol. The zero-order valence-corrected chi connectivity index (χ0v) is 26.3. The number of piperidine rings is 1. The summed E-state index contributed by atoms with van der Waals surface area (Å²) in [6.45, 7) is 4.06. The Hall–Kier alpha value is -3.78. The summed E-state index contributed by atoms with van der Waals surface area (Å²) in [4.78, 5) is 26.0. The Morgan fingerprint density at radius 1 is 0.889 bits per heavy atom. The molecule has 1 amide bonds. The van der Waals surface area contributed by atoms with Crippen LogP contribution >= 0.6 is 0 Å². The zero-order valence-electron chi connectivity index (χ0n) is 26.3. The van der Waals surface area contributed by atoms with Crippen LogP contribution in [-0.4, -0.2) is 53.2 Å². The van der Waals surface area contributed by atoms with E-state index in [-0.39, 0.29) is 42.5 Å². The summed E-state index contributed by atoms with van der Waals surface area (Å²) < 4.78 is 12.0. The number of esters is 1. The van der Waals surface area contributed by atoms with Gasteiger partial charge >= 0.3 is 5.97 Å². The number of anilines is 1. The largest absolute Gasteiger partial charge is 0.427 e. The molecule has 45 heavy (non-hydrogen) atoms. The fraction of sp³-hybridized carbons (Fsp3) is 0.421. The molecule has 238 valence electrons. The summed E-state index contributed by atoms with van der Waals surface area (Å²) >= 11 is 0. The molecule has 0 radical (unpaired) electrons. The molecule has 2 aliphatic rings. The molecule has 3 aromatic carbocycles. The molecule has 0 unspecified atom stereocenters. The van der Waals surface area contributed by atoms with Crippen LogP contribution in [0.25, 0.3) is 11.1 Å². The van der Waals surface area contributed by atoms with Crippen molar-refractivity contribution in [2.75, 3.05) is 18.4 Å². The van der Waals surface area contributed by atoms with Gasteiger partial charge in [-0.15, -0.1) is 0 Å². The van der Waals surface area contributed by atoms with Crippen molar-refractivity contribution in [2.45, 2.75) is 83.1 Å². The molecule has 4 atom stereocenters. The Labute approximate surface area is 267 Å². The predicted octanol–water partition coefficient (Wildman–Crippen LogP) is 7.15. The second kappa shape index (κ2) is 16.5. The van der Waals surface area contributed by atoms with Crippen LogP contribution in [0.4, 0.5) is 5.69 Å². The zero-order chi connectivity index (χ0) is 31.4. The summed E-state index contributed by atoms with van der Waals surface area (Å²) in [5.74, 6) is 0.267. The maximum atomic E-state index is 12.3. The van der Waals surface area contributed by atoms with Gasteiger partial charge in [0.05, 0.1) is 18.8 Å². The topological polar surface area (TPSA) is 88.1 Å². The molecule has 5 rings (SSSR count). The van der Waals surface area contributed by atoms with Crippen LogP contribution in [0.1, 0.15) is 63.9 Å². The SMILES string of the molecule is CC(=O)Nc1ccc(OC(=O)CC/C=C\CC[C@H]2[C@H](N3CCCCC3)[C@H](O)C[C@H]2OCc2ccc(-c3ccccc3)cc2)cc1. The molecule has 1 heterocycles. The van der Waals surface area contributed by atoms with Gasteiger partial charge in [-0.25, -0.2) is 0 Å². The molecule has 2 N–H and O–H groups in total. The fourth-order valence-corrected chi connectivity index (χ4v) is 6.68. The van der Waals surface area contributed by atoms with Crippen LogP contribution < -0.4 is 10.1 Å². The van der Waals surface area contributed by atoms with Gasteiger partial charge in [0.1, 0.15) is 5.75 Å². The van der Waals surface area contributed by atoms with E-state index >= 15 is 0 Å². The highest BCUT2D eigenvalue weighted by Gasteiger charge is 2.45. The molecule has 7 nitrogen and oxygen atoms in total. The lowest BCUT2D eigenvalue weighted by Gasteiger charge is -2.38. The highest BCUT2D eigenvalue weighted by Crippen LogP contribution is 2.38. The average molecular weight is 611 g/mol. The molecule has 1 saturated heterocycles. The molecule has 7 heteroatoms. The summed E-state index contributed by atoms with van der Waals surface area (Å²) in [7, 11) is 0. The van der Waals surface area contributed by atoms with Gasteiger partial charge < -0.3 is 19.9 Å². The number of hydrogen-bond acceptors (Lipinski definition) is 6. The number of amides is 1. The molecule has 0 spiro atoms. The van der Waals surface area contributed by atoms with Crippen molar-refractivity contribution in [3.8, 4) is 16.9 Å². The van der Waals surface area contributed by atoms with E-state index < -0.39 is 0 Å². The van der Waals surface area contributed by atoms with Crippen molar-refractivity contribution in [1.82, 2.24) is 4.90 Å². The van der Waals surface area contributed by atoms with E-state index in [0.717, 1.165) is 31.5 Å². The van der Waals surface area contributed by atoms with E-state index in [1.165, 1.54) is 37.3 Å². The third kappa shape index (κ3) is 9.60. The van der Waals surface area contributed by atoms with E-state index in [1.807, 2.05) is 12.1 Å². The number of rotatable bonds is 13. The Morgan fingerprint density at radius 2 is 1.58 bits per heavy atom. The molecule has 0 bridgehead atoms. The first-order valence-corrected chi connectivity index (χ1v) is 16.4. The Balaban J connectivity index is 1.11. The van der Waals surface area contributed by atoms with E-state index in [0.29, 0.717) is 30.9 Å². The lowest BCUT2D eigenvalue weighted by atomic mass is 9.92. The maximum Gasteiger partial charge on any atom is 0.311 e. The van der Waals surface area contributed by atoms with Crippen molar-refractivity contribution >= 4 is 17.6 Å². The van der Waals surface area contributed by atoms with Gasteiger partial charge in [-0.1, -0.05) is 73.2 Å². The summed E-state index contributed by atoms with van der Waals surface area (Å²) in [5, 5.41) is 13.9. The van der Waals surface area contributed by atoms with E-state index in [2.05, 4.69) is 64.8 Å². The highest BCUT2D eigenvalue weighted by molar-refractivity contribution is 5.88. The average Bonchev–Trinajstić information content (AvgIpc) is 3.37. The molecule has 0 aromatic heterocycles. The smallest absolute Gasteiger partial charge is 0.311 e. The number of nitrogens with one attached hydrogen (secondary N) is 1. The van der Waals surface area contributed by atoms with Gasteiger partial charge in [-0.2, -0.15) is 0 Å². The summed E-state index contributed by atoms with van der Waals surface area (Å²) in [5.41, 5.74) is 4.19. The number of allylic oxidation sites excluding steroid dienone is 2. The number of hydrogen-bond donors (Lipinski definition) is 2. The standard InChI is InChI=1S/C38H46N2O5/c1-28(41)39-32-20-22-33(23-21-32)45-37(43)15-9-3-2-8-14-34-36(26-35(42)38(34)40-24-10-5-11-25-40)44-27-29-16-18-31(19-17-29)30-12-6-4-7-13-30/h2-4,6-7,12-13,16-23,34-36,38,42H,5,8-11,14-15,24-27H2,1H3,(H,39,41)/b3-2-/t34-,35-,36-,38+/m1/s1. The van der Waals surface area contributed by atoms with Crippen molar-refractivity contribution in [3.63, 3.8) is 0 Å². The molecular formula is C38H46N2O5. The third-order valence-electron chi connectivity index (χ3n) is 8.88. The Kier molecular flexibility index (Phi) is 12.0. The second-order valence-electron chi connectivity index (χ2n) is 12.2. The first-order chi connectivity index (χ1) is 22.0. The molecule has 1 saturated carbocycles. The number of carbonyl (C=O) groups is 2. The van der Waals surface area contributed by atoms with E-state index in [1.54, 1.807) is 24.3 Å². The quantitative estimate of drug-likeness (QED) is 0.121. The Morgan fingerprint density at radius 3 is 2.29 bits per heavy atom. The van der Waals surface area contributed by atoms with Crippen molar-refractivity contribution in [1.29, 1.82) is 0 Å². The number of likely N-dealkylation sites (tertiary alicyclic amines) is 1.